The van der Waals surface area contributed by atoms with Gasteiger partial charge in [-0.1, -0.05) is 6.07 Å². The van der Waals surface area contributed by atoms with Gasteiger partial charge < -0.3 is 15.4 Å². The molecule has 0 saturated carbocycles. The number of ether oxygens (including phenoxy) is 1. The van der Waals surface area contributed by atoms with E-state index in [-0.39, 0.29) is 22.9 Å². The van der Waals surface area contributed by atoms with Gasteiger partial charge in [0.25, 0.3) is 5.91 Å². The molecule has 1 aliphatic rings. The van der Waals surface area contributed by atoms with Gasteiger partial charge in [0.1, 0.15) is 11.6 Å². The summed E-state index contributed by atoms with van der Waals surface area (Å²) in [6.07, 6.45) is 8.81. The molecular weight excluding hydrogens is 542 g/mol. The Morgan fingerprint density at radius 2 is 1.88 bits per heavy atom. The van der Waals surface area contributed by atoms with Gasteiger partial charge in [-0.2, -0.15) is 0 Å². The van der Waals surface area contributed by atoms with Gasteiger partial charge in [-0.25, -0.2) is 18.4 Å². The van der Waals surface area contributed by atoms with Crippen molar-refractivity contribution in [2.45, 2.75) is 17.4 Å². The van der Waals surface area contributed by atoms with Crippen molar-refractivity contribution in [1.29, 1.82) is 0 Å². The van der Waals surface area contributed by atoms with E-state index in [1.807, 2.05) is 36.4 Å². The first-order valence-electron chi connectivity index (χ1n) is 12.8. The predicted molar refractivity (Wildman–Crippen MR) is 152 cm³/mol. The summed E-state index contributed by atoms with van der Waals surface area (Å²) in [5.41, 5.74) is 4.01. The topological polar surface area (TPSA) is 149 Å². The van der Waals surface area contributed by atoms with Gasteiger partial charge in [0.15, 0.2) is 9.84 Å². The van der Waals surface area contributed by atoms with E-state index in [0.29, 0.717) is 35.8 Å². The molecule has 0 radical (unpaired) electrons. The van der Waals surface area contributed by atoms with Gasteiger partial charge in [0.2, 0.25) is 0 Å². The van der Waals surface area contributed by atoms with E-state index in [0.717, 1.165) is 28.8 Å². The fourth-order valence-electron chi connectivity index (χ4n) is 4.52. The minimum atomic E-state index is -3.48. The van der Waals surface area contributed by atoms with Crippen LogP contribution in [-0.2, 0) is 16.4 Å². The lowest BCUT2D eigenvalue weighted by atomic mass is 10.0. The maximum atomic E-state index is 12.6. The standard InChI is InChI=1S/C29H25N7O4S/c1-41(38,39)22-9-19(11-31-15-22)29(37)34-14-21-10-26-18(12-32-21)5-6-25(35-26)24-3-2-4-28(36-24)33-13-20-17-40-27-16-30-8-7-23(20)27/h2-12,15-16,20H,13-14,17H2,1H3,(H,33,36)(H,34,37). The smallest absolute Gasteiger partial charge is 0.253 e. The third kappa shape index (κ3) is 5.82. The highest BCUT2D eigenvalue weighted by atomic mass is 32.2. The fourth-order valence-corrected chi connectivity index (χ4v) is 5.11. The average Bonchev–Trinajstić information content (AvgIpc) is 3.41. The van der Waals surface area contributed by atoms with Crippen molar-refractivity contribution < 1.29 is 17.9 Å². The summed E-state index contributed by atoms with van der Waals surface area (Å²) in [7, 11) is -3.48. The number of aromatic nitrogens is 5. The van der Waals surface area contributed by atoms with Crippen molar-refractivity contribution >= 4 is 32.5 Å². The van der Waals surface area contributed by atoms with E-state index in [9.17, 15) is 13.2 Å². The van der Waals surface area contributed by atoms with Crippen LogP contribution in [0.15, 0.2) is 84.4 Å². The lowest BCUT2D eigenvalue weighted by Crippen LogP contribution is -2.23. The molecule has 5 aromatic rings. The van der Waals surface area contributed by atoms with Gasteiger partial charge in [0, 0.05) is 54.5 Å². The molecule has 0 spiro atoms. The SMILES string of the molecule is CS(=O)(=O)c1cncc(C(=O)NCc2cc3nc(-c4cccc(NCC5COc6cnccc65)n4)ccc3cn2)c1. The summed E-state index contributed by atoms with van der Waals surface area (Å²) in [5, 5.41) is 7.01. The van der Waals surface area contributed by atoms with E-state index >= 15 is 0 Å². The summed E-state index contributed by atoms with van der Waals surface area (Å²) >= 11 is 0. The second kappa shape index (κ2) is 10.9. The Hall–Kier alpha value is -4.97. The van der Waals surface area contributed by atoms with Crippen molar-refractivity contribution in [2.24, 2.45) is 0 Å². The highest BCUT2D eigenvalue weighted by Crippen LogP contribution is 2.32. The number of carbonyl (C=O) groups excluding carboxylic acids is 1. The van der Waals surface area contributed by atoms with E-state index in [1.165, 1.54) is 18.5 Å². The number of anilines is 1. The van der Waals surface area contributed by atoms with Gasteiger partial charge >= 0.3 is 0 Å². The Morgan fingerprint density at radius 3 is 2.76 bits per heavy atom. The maximum absolute atomic E-state index is 12.6. The fraction of sp³-hybridized carbons (Fsp3) is 0.172. The molecule has 0 bridgehead atoms. The number of rotatable bonds is 8. The number of nitrogens with one attached hydrogen (secondary N) is 2. The molecule has 0 aromatic carbocycles. The number of amides is 1. The highest BCUT2D eigenvalue weighted by molar-refractivity contribution is 7.90. The summed E-state index contributed by atoms with van der Waals surface area (Å²) in [4.78, 5) is 34.5. The molecule has 2 N–H and O–H groups in total. The molecule has 41 heavy (non-hydrogen) atoms. The number of nitrogens with zero attached hydrogens (tertiary/aromatic N) is 5. The molecule has 206 valence electrons. The maximum Gasteiger partial charge on any atom is 0.253 e. The third-order valence-electron chi connectivity index (χ3n) is 6.70. The lowest BCUT2D eigenvalue weighted by molar-refractivity contribution is 0.0950. The third-order valence-corrected chi connectivity index (χ3v) is 7.78. The second-order valence-electron chi connectivity index (χ2n) is 9.64. The zero-order valence-corrected chi connectivity index (χ0v) is 22.8. The van der Waals surface area contributed by atoms with Crippen molar-refractivity contribution in [1.82, 2.24) is 30.2 Å². The van der Waals surface area contributed by atoms with Crippen molar-refractivity contribution in [3.8, 4) is 17.1 Å². The first-order chi connectivity index (χ1) is 19.8. The Kier molecular flexibility index (Phi) is 6.98. The van der Waals surface area contributed by atoms with Gasteiger partial charge in [0.05, 0.1) is 52.4 Å². The second-order valence-corrected chi connectivity index (χ2v) is 11.7. The first-order valence-corrected chi connectivity index (χ1v) is 14.7. The van der Waals surface area contributed by atoms with Gasteiger partial charge in [-0.3, -0.25) is 19.7 Å². The van der Waals surface area contributed by atoms with Crippen LogP contribution in [0.4, 0.5) is 5.82 Å². The molecular formula is C29H25N7O4S. The van der Waals surface area contributed by atoms with E-state index < -0.39 is 15.7 Å². The molecule has 1 atom stereocenters. The molecule has 5 aromatic heterocycles. The van der Waals surface area contributed by atoms with Crippen LogP contribution < -0.4 is 15.4 Å². The van der Waals surface area contributed by atoms with Crippen molar-refractivity contribution in [3.05, 3.63) is 96.3 Å². The molecule has 0 aliphatic carbocycles. The Balaban J connectivity index is 1.15. The molecule has 6 rings (SSSR count). The van der Waals surface area contributed by atoms with Crippen LogP contribution in [0.2, 0.25) is 0 Å². The minimum Gasteiger partial charge on any atom is -0.491 e. The van der Waals surface area contributed by atoms with E-state index in [1.54, 1.807) is 24.7 Å². The van der Waals surface area contributed by atoms with Gasteiger partial charge in [-0.15, -0.1) is 0 Å². The summed E-state index contributed by atoms with van der Waals surface area (Å²) in [5.74, 6) is 1.32. The number of sulfone groups is 1. The Labute approximate surface area is 236 Å². The molecule has 11 nitrogen and oxygen atoms in total. The summed E-state index contributed by atoms with van der Waals surface area (Å²) < 4.78 is 29.3. The molecule has 1 amide bonds. The highest BCUT2D eigenvalue weighted by Gasteiger charge is 2.24. The first kappa shape index (κ1) is 26.3. The van der Waals surface area contributed by atoms with Crippen LogP contribution >= 0.6 is 0 Å². The van der Waals surface area contributed by atoms with E-state index in [2.05, 4.69) is 25.6 Å². The normalized spacial score (nSPS) is 14.3. The molecule has 0 saturated heterocycles. The molecule has 6 heterocycles. The van der Waals surface area contributed by atoms with Crippen LogP contribution in [0.3, 0.4) is 0 Å². The van der Waals surface area contributed by atoms with Crippen molar-refractivity contribution in [3.63, 3.8) is 0 Å². The Bertz CT molecular complexity index is 1880. The summed E-state index contributed by atoms with van der Waals surface area (Å²) in [6, 6.07) is 14.7. The zero-order valence-electron chi connectivity index (χ0n) is 22.0. The number of hydrogen-bond donors (Lipinski definition) is 2. The largest absolute Gasteiger partial charge is 0.491 e. The average molecular weight is 568 g/mol. The molecule has 1 unspecified atom stereocenters. The summed E-state index contributed by atoms with van der Waals surface area (Å²) in [6.45, 7) is 1.40. The number of hydrogen-bond acceptors (Lipinski definition) is 10. The van der Waals surface area contributed by atoms with Crippen molar-refractivity contribution in [2.75, 3.05) is 24.7 Å². The van der Waals surface area contributed by atoms with Crippen LogP contribution in [0, 0.1) is 0 Å². The van der Waals surface area contributed by atoms with E-state index in [4.69, 9.17) is 14.7 Å². The number of pyridine rings is 5. The van der Waals surface area contributed by atoms with Crippen LogP contribution in [0.25, 0.3) is 22.3 Å². The number of fused-ring (bicyclic) bond motifs is 2. The quantitative estimate of drug-likeness (QED) is 0.286. The Morgan fingerprint density at radius 1 is 1.00 bits per heavy atom. The lowest BCUT2D eigenvalue weighted by Gasteiger charge is -2.12. The zero-order chi connectivity index (χ0) is 28.4. The monoisotopic (exact) mass is 567 g/mol. The minimum absolute atomic E-state index is 0.0194. The van der Waals surface area contributed by atoms with Gasteiger partial charge in [-0.05, 0) is 42.5 Å². The molecule has 1 aliphatic heterocycles. The van der Waals surface area contributed by atoms with Crippen LogP contribution in [0.5, 0.6) is 5.75 Å². The predicted octanol–water partition coefficient (Wildman–Crippen LogP) is 3.40. The van der Waals surface area contributed by atoms with Crippen LogP contribution in [0.1, 0.15) is 27.5 Å². The molecule has 12 heteroatoms. The molecule has 0 fully saturated rings. The number of carbonyl (C=O) groups is 1. The van der Waals surface area contributed by atoms with Crippen LogP contribution in [-0.4, -0.2) is 58.7 Å².